The Labute approximate surface area is 206 Å². The summed E-state index contributed by atoms with van der Waals surface area (Å²) in [5.74, 6) is 0.867. The zero-order chi connectivity index (χ0) is 23.2. The predicted octanol–water partition coefficient (Wildman–Crippen LogP) is 4.00. The van der Waals surface area contributed by atoms with Crippen molar-refractivity contribution >= 4 is 17.2 Å². The number of nitrogens with zero attached hydrogens (tertiary/aromatic N) is 5. The Hall–Kier alpha value is -1.63. The summed E-state index contributed by atoms with van der Waals surface area (Å²) >= 11 is 0. The maximum Gasteiger partial charge on any atom is 0.343 e. The van der Waals surface area contributed by atoms with Crippen LogP contribution in [-0.2, 0) is 4.42 Å². The molecule has 0 bridgehead atoms. The van der Waals surface area contributed by atoms with Crippen LogP contribution in [0, 0.1) is 0 Å². The topological polar surface area (TPSA) is 45.7 Å². The van der Waals surface area contributed by atoms with Gasteiger partial charge in [0.1, 0.15) is 0 Å². The van der Waals surface area contributed by atoms with Gasteiger partial charge in [0.15, 0.2) is 0 Å². The van der Waals surface area contributed by atoms with E-state index in [-0.39, 0.29) is 0 Å². The molecular formula is C28H44N5O+. The van der Waals surface area contributed by atoms with Gasteiger partial charge in [-0.15, -0.1) is 0 Å². The molecule has 0 aromatic carbocycles. The van der Waals surface area contributed by atoms with E-state index in [9.17, 15) is 0 Å². The third kappa shape index (κ3) is 5.77. The SMILES string of the molecule is C[O+]=C1C=CC(=NN=C2C(N3CCCCC3)CC(N3CCCCC3)CC2N2CCCCC2)C=C1. The van der Waals surface area contributed by atoms with E-state index < -0.39 is 0 Å². The van der Waals surface area contributed by atoms with Crippen molar-refractivity contribution in [2.24, 2.45) is 10.2 Å². The average molecular weight is 467 g/mol. The second-order valence-corrected chi connectivity index (χ2v) is 10.8. The van der Waals surface area contributed by atoms with E-state index in [2.05, 4.69) is 14.7 Å². The van der Waals surface area contributed by atoms with Gasteiger partial charge in [-0.25, -0.2) is 0 Å². The molecule has 4 fully saturated rings. The minimum Gasteiger partial charge on any atom is -0.300 e. The molecule has 2 aliphatic carbocycles. The Morgan fingerprint density at radius 3 is 1.56 bits per heavy atom. The van der Waals surface area contributed by atoms with Crippen LogP contribution < -0.4 is 0 Å². The van der Waals surface area contributed by atoms with Crippen LogP contribution >= 0.6 is 0 Å². The van der Waals surface area contributed by atoms with Crippen LogP contribution in [0.1, 0.15) is 70.6 Å². The lowest BCUT2D eigenvalue weighted by atomic mass is 9.81. The normalized spacial score (nSPS) is 32.1. The van der Waals surface area contributed by atoms with Gasteiger partial charge in [0.25, 0.3) is 7.11 Å². The van der Waals surface area contributed by atoms with Gasteiger partial charge in [-0.2, -0.15) is 10.2 Å². The summed E-state index contributed by atoms with van der Waals surface area (Å²) in [6.45, 7) is 7.42. The number of hydrogen-bond acceptors (Lipinski definition) is 5. The number of likely N-dealkylation sites (tertiary alicyclic amines) is 3. The molecule has 5 aliphatic rings. The van der Waals surface area contributed by atoms with Crippen LogP contribution in [0.3, 0.4) is 0 Å². The Balaban J connectivity index is 1.46. The maximum atomic E-state index is 5.33. The Morgan fingerprint density at radius 2 is 1.09 bits per heavy atom. The smallest absolute Gasteiger partial charge is 0.300 e. The molecule has 1 saturated carbocycles. The third-order valence-electron chi connectivity index (χ3n) is 8.60. The van der Waals surface area contributed by atoms with Gasteiger partial charge in [-0.3, -0.25) is 14.2 Å². The van der Waals surface area contributed by atoms with Crippen molar-refractivity contribution in [1.29, 1.82) is 0 Å². The standard InChI is InChI=1S/C28H44N5O/c1-34-25-13-11-23(12-14-25)29-30-28-26(32-17-7-3-8-18-32)21-24(31-15-5-2-6-16-31)22-27(28)33-19-9-4-10-20-33/h11-14,24,26-27H,2-10,15-22H2,1H3/q+1. The molecule has 186 valence electrons. The predicted molar refractivity (Wildman–Crippen MR) is 141 cm³/mol. The van der Waals surface area contributed by atoms with Crippen LogP contribution in [-0.4, -0.2) is 96.4 Å². The zero-order valence-corrected chi connectivity index (χ0v) is 21.2. The molecule has 0 radical (unpaired) electrons. The minimum absolute atomic E-state index is 0.426. The molecule has 5 rings (SSSR count). The molecule has 0 spiro atoms. The van der Waals surface area contributed by atoms with Crippen molar-refractivity contribution in [1.82, 2.24) is 14.7 Å². The molecular weight excluding hydrogens is 422 g/mol. The Bertz CT molecular complexity index is 778. The van der Waals surface area contributed by atoms with Crippen molar-refractivity contribution in [3.8, 4) is 0 Å². The number of carbonyl (C=O) groups excluding carboxylic acids is 1. The highest BCUT2D eigenvalue weighted by Crippen LogP contribution is 2.33. The number of hydrogen-bond donors (Lipinski definition) is 0. The molecule has 2 atom stereocenters. The lowest BCUT2D eigenvalue weighted by Crippen LogP contribution is -2.61. The van der Waals surface area contributed by atoms with Crippen LogP contribution in [0.4, 0.5) is 0 Å². The number of piperidine rings is 3. The van der Waals surface area contributed by atoms with Crippen molar-refractivity contribution in [3.63, 3.8) is 0 Å². The quantitative estimate of drug-likeness (QED) is 0.357. The molecule has 2 unspecified atom stereocenters. The molecule has 6 heteroatoms. The summed E-state index contributed by atoms with van der Waals surface area (Å²) in [5, 5.41) is 9.90. The zero-order valence-electron chi connectivity index (χ0n) is 21.2. The molecule has 0 aromatic heterocycles. The van der Waals surface area contributed by atoms with Crippen LogP contribution in [0.2, 0.25) is 0 Å². The largest absolute Gasteiger partial charge is 0.343 e. The van der Waals surface area contributed by atoms with Crippen LogP contribution in [0.5, 0.6) is 0 Å². The lowest BCUT2D eigenvalue weighted by Gasteiger charge is -2.49. The highest BCUT2D eigenvalue weighted by atomic mass is 16.4. The fourth-order valence-corrected chi connectivity index (χ4v) is 6.69. The highest BCUT2D eigenvalue weighted by molar-refractivity contribution is 6.16. The summed E-state index contributed by atoms with van der Waals surface area (Å²) in [4.78, 5) is 8.35. The summed E-state index contributed by atoms with van der Waals surface area (Å²) in [5.41, 5.74) is 2.26. The van der Waals surface area contributed by atoms with Crippen molar-refractivity contribution < 1.29 is 4.42 Å². The van der Waals surface area contributed by atoms with Gasteiger partial charge in [0.2, 0.25) is 0 Å². The van der Waals surface area contributed by atoms with Gasteiger partial charge < -0.3 is 4.90 Å². The summed E-state index contributed by atoms with van der Waals surface area (Å²) in [6.07, 6.45) is 22.6. The van der Waals surface area contributed by atoms with E-state index in [0.29, 0.717) is 18.1 Å². The fourth-order valence-electron chi connectivity index (χ4n) is 6.69. The molecule has 34 heavy (non-hydrogen) atoms. The van der Waals surface area contributed by atoms with Gasteiger partial charge in [-0.05, 0) is 103 Å². The van der Waals surface area contributed by atoms with Crippen molar-refractivity contribution in [3.05, 3.63) is 24.3 Å². The Morgan fingerprint density at radius 1 is 0.618 bits per heavy atom. The molecule has 3 aliphatic heterocycles. The minimum atomic E-state index is 0.426. The van der Waals surface area contributed by atoms with Gasteiger partial charge in [0, 0.05) is 18.2 Å². The first-order valence-electron chi connectivity index (χ1n) is 14.0. The summed E-state index contributed by atoms with van der Waals surface area (Å²) < 4.78 is 5.33. The third-order valence-corrected chi connectivity index (χ3v) is 8.60. The Kier molecular flexibility index (Phi) is 8.41. The number of rotatable bonds is 4. The molecule has 0 N–H and O–H groups in total. The number of ketones is 1. The fraction of sp³-hybridized carbons (Fsp3) is 0.750. The van der Waals surface area contributed by atoms with Crippen LogP contribution in [0.15, 0.2) is 34.5 Å². The molecule has 3 heterocycles. The van der Waals surface area contributed by atoms with E-state index in [1.165, 1.54) is 116 Å². The monoisotopic (exact) mass is 466 g/mol. The lowest BCUT2D eigenvalue weighted by molar-refractivity contribution is -0.417. The van der Waals surface area contributed by atoms with Gasteiger partial charge in [0.05, 0.1) is 23.5 Å². The molecule has 0 amide bonds. The van der Waals surface area contributed by atoms with E-state index in [1.807, 2.05) is 24.3 Å². The van der Waals surface area contributed by atoms with Crippen molar-refractivity contribution in [2.45, 2.75) is 88.8 Å². The van der Waals surface area contributed by atoms with Gasteiger partial charge >= 0.3 is 5.78 Å². The second-order valence-electron chi connectivity index (χ2n) is 10.8. The van der Waals surface area contributed by atoms with E-state index in [0.717, 1.165) is 11.5 Å². The van der Waals surface area contributed by atoms with E-state index in [1.54, 1.807) is 7.11 Å². The van der Waals surface area contributed by atoms with Gasteiger partial charge in [-0.1, -0.05) is 19.3 Å². The first kappa shape index (κ1) is 24.1. The highest BCUT2D eigenvalue weighted by Gasteiger charge is 2.42. The number of allylic oxidation sites excluding steroid dienone is 4. The maximum absolute atomic E-state index is 5.33. The van der Waals surface area contributed by atoms with E-state index >= 15 is 0 Å². The summed E-state index contributed by atoms with van der Waals surface area (Å²) in [6, 6.07) is 1.53. The van der Waals surface area contributed by atoms with Crippen molar-refractivity contribution in [2.75, 3.05) is 46.4 Å². The average Bonchev–Trinajstić information content (AvgIpc) is 2.93. The van der Waals surface area contributed by atoms with E-state index in [4.69, 9.17) is 14.6 Å². The molecule has 0 aromatic rings. The molecule has 6 nitrogen and oxygen atoms in total. The van der Waals surface area contributed by atoms with Crippen LogP contribution in [0.25, 0.3) is 0 Å². The second kappa shape index (κ2) is 11.9. The summed E-state index contributed by atoms with van der Waals surface area (Å²) in [7, 11) is 1.71. The first-order valence-corrected chi connectivity index (χ1v) is 14.0. The molecule has 3 saturated heterocycles. The first-order chi connectivity index (χ1) is 16.8.